The zero-order valence-corrected chi connectivity index (χ0v) is 16.5. The summed E-state index contributed by atoms with van der Waals surface area (Å²) in [6.45, 7) is 8.55. The standard InChI is InChI=1S/C23H30FNO2/c1-4-26-20-10-11-21(24)22(15-20)25-13-12-23(18(16-25)14-17(2)3)27-19-8-6-5-7-9-19/h5-11,15,17-18,23H,4,12-14,16H2,1-3H3. The maximum atomic E-state index is 14.5. The Balaban J connectivity index is 1.76. The molecule has 27 heavy (non-hydrogen) atoms. The van der Waals surface area contributed by atoms with E-state index in [2.05, 4.69) is 18.7 Å². The molecule has 1 fully saturated rings. The Kier molecular flexibility index (Phi) is 6.59. The van der Waals surface area contributed by atoms with Gasteiger partial charge in [0.05, 0.1) is 12.3 Å². The van der Waals surface area contributed by atoms with E-state index in [9.17, 15) is 4.39 Å². The van der Waals surface area contributed by atoms with Crippen LogP contribution in [0.2, 0.25) is 0 Å². The Bertz CT molecular complexity index is 720. The number of anilines is 1. The number of piperidine rings is 1. The van der Waals surface area contributed by atoms with Crippen molar-refractivity contribution in [3.8, 4) is 11.5 Å². The van der Waals surface area contributed by atoms with E-state index in [1.165, 1.54) is 6.07 Å². The summed E-state index contributed by atoms with van der Waals surface area (Å²) >= 11 is 0. The highest BCUT2D eigenvalue weighted by molar-refractivity contribution is 5.52. The molecule has 1 aliphatic rings. The van der Waals surface area contributed by atoms with Crippen molar-refractivity contribution in [2.24, 2.45) is 11.8 Å². The predicted octanol–water partition coefficient (Wildman–Crippen LogP) is 5.54. The number of para-hydroxylation sites is 1. The lowest BCUT2D eigenvalue weighted by molar-refractivity contribution is 0.0989. The minimum Gasteiger partial charge on any atom is -0.494 e. The summed E-state index contributed by atoms with van der Waals surface area (Å²) in [4.78, 5) is 2.15. The van der Waals surface area contributed by atoms with Crippen LogP contribution >= 0.6 is 0 Å². The fourth-order valence-corrected chi connectivity index (χ4v) is 3.88. The Morgan fingerprint density at radius 3 is 2.59 bits per heavy atom. The second-order valence-electron chi connectivity index (χ2n) is 7.64. The van der Waals surface area contributed by atoms with Gasteiger partial charge in [0.25, 0.3) is 0 Å². The van der Waals surface area contributed by atoms with Crippen LogP contribution in [0.4, 0.5) is 10.1 Å². The van der Waals surface area contributed by atoms with Crippen molar-refractivity contribution in [1.29, 1.82) is 0 Å². The quantitative estimate of drug-likeness (QED) is 0.637. The average Bonchev–Trinajstić information content (AvgIpc) is 2.65. The zero-order chi connectivity index (χ0) is 19.2. The molecular formula is C23H30FNO2. The number of hydrogen-bond acceptors (Lipinski definition) is 3. The normalized spacial score (nSPS) is 20.0. The maximum absolute atomic E-state index is 14.5. The maximum Gasteiger partial charge on any atom is 0.146 e. The molecule has 1 heterocycles. The van der Waals surface area contributed by atoms with Crippen molar-refractivity contribution < 1.29 is 13.9 Å². The molecule has 0 aromatic heterocycles. The molecule has 2 unspecified atom stereocenters. The SMILES string of the molecule is CCOc1ccc(F)c(N2CCC(Oc3ccccc3)C(CC(C)C)C2)c1. The first-order chi connectivity index (χ1) is 13.1. The van der Waals surface area contributed by atoms with Crippen molar-refractivity contribution in [2.45, 2.75) is 39.7 Å². The van der Waals surface area contributed by atoms with Gasteiger partial charge in [0.2, 0.25) is 0 Å². The average molecular weight is 371 g/mol. The van der Waals surface area contributed by atoms with Crippen LogP contribution in [0.15, 0.2) is 48.5 Å². The zero-order valence-electron chi connectivity index (χ0n) is 16.5. The van der Waals surface area contributed by atoms with Crippen LogP contribution in [0.25, 0.3) is 0 Å². The number of ether oxygens (including phenoxy) is 2. The summed E-state index contributed by atoms with van der Waals surface area (Å²) in [7, 11) is 0. The molecule has 1 saturated heterocycles. The van der Waals surface area contributed by atoms with Gasteiger partial charge in [-0.05, 0) is 43.5 Å². The van der Waals surface area contributed by atoms with Gasteiger partial charge in [-0.1, -0.05) is 32.0 Å². The fourth-order valence-electron chi connectivity index (χ4n) is 3.88. The van der Waals surface area contributed by atoms with E-state index in [0.717, 1.165) is 37.4 Å². The smallest absolute Gasteiger partial charge is 0.146 e. The molecule has 0 amide bonds. The minimum atomic E-state index is -0.191. The summed E-state index contributed by atoms with van der Waals surface area (Å²) in [5.41, 5.74) is 0.632. The van der Waals surface area contributed by atoms with Gasteiger partial charge in [-0.15, -0.1) is 0 Å². The van der Waals surface area contributed by atoms with Gasteiger partial charge in [0.1, 0.15) is 23.4 Å². The summed E-state index contributed by atoms with van der Waals surface area (Å²) < 4.78 is 26.4. The molecule has 0 spiro atoms. The van der Waals surface area contributed by atoms with Gasteiger partial charge in [0, 0.05) is 31.5 Å². The van der Waals surface area contributed by atoms with Crippen LogP contribution < -0.4 is 14.4 Å². The number of nitrogens with zero attached hydrogens (tertiary/aromatic N) is 1. The molecular weight excluding hydrogens is 341 g/mol. The van der Waals surface area contributed by atoms with Crippen LogP contribution in [0.1, 0.15) is 33.6 Å². The summed E-state index contributed by atoms with van der Waals surface area (Å²) in [6, 6.07) is 15.0. The highest BCUT2D eigenvalue weighted by atomic mass is 19.1. The molecule has 0 saturated carbocycles. The molecule has 2 atom stereocenters. The summed E-state index contributed by atoms with van der Waals surface area (Å²) in [6.07, 6.45) is 2.09. The first kappa shape index (κ1) is 19.5. The minimum absolute atomic E-state index is 0.157. The lowest BCUT2D eigenvalue weighted by Gasteiger charge is -2.40. The van der Waals surface area contributed by atoms with Gasteiger partial charge in [-0.25, -0.2) is 4.39 Å². The van der Waals surface area contributed by atoms with E-state index in [1.54, 1.807) is 6.07 Å². The molecule has 3 rings (SSSR count). The first-order valence-electron chi connectivity index (χ1n) is 9.95. The van der Waals surface area contributed by atoms with Gasteiger partial charge in [-0.3, -0.25) is 0 Å². The highest BCUT2D eigenvalue weighted by Gasteiger charge is 2.32. The second kappa shape index (κ2) is 9.12. The monoisotopic (exact) mass is 371 g/mol. The molecule has 0 aliphatic carbocycles. The van der Waals surface area contributed by atoms with Gasteiger partial charge >= 0.3 is 0 Å². The van der Waals surface area contributed by atoms with Crippen LogP contribution in [0.5, 0.6) is 11.5 Å². The Morgan fingerprint density at radius 2 is 1.89 bits per heavy atom. The molecule has 0 radical (unpaired) electrons. The van der Waals surface area contributed by atoms with Crippen molar-refractivity contribution in [2.75, 3.05) is 24.6 Å². The number of hydrogen-bond donors (Lipinski definition) is 0. The number of rotatable bonds is 7. The van der Waals surface area contributed by atoms with E-state index in [1.807, 2.05) is 43.3 Å². The Labute approximate surface area is 162 Å². The van der Waals surface area contributed by atoms with Gasteiger partial charge in [0.15, 0.2) is 0 Å². The third-order valence-electron chi connectivity index (χ3n) is 5.04. The van der Waals surface area contributed by atoms with Crippen molar-refractivity contribution >= 4 is 5.69 Å². The lowest BCUT2D eigenvalue weighted by Crippen LogP contribution is -2.46. The molecule has 4 heteroatoms. The topological polar surface area (TPSA) is 21.7 Å². The predicted molar refractivity (Wildman–Crippen MR) is 108 cm³/mol. The summed E-state index contributed by atoms with van der Waals surface area (Å²) in [5.74, 6) is 2.36. The van der Waals surface area contributed by atoms with Gasteiger partial charge in [-0.2, -0.15) is 0 Å². The van der Waals surface area contributed by atoms with Crippen molar-refractivity contribution in [3.05, 3.63) is 54.3 Å². The highest BCUT2D eigenvalue weighted by Crippen LogP contribution is 2.33. The van der Waals surface area contributed by atoms with Crippen LogP contribution in [0.3, 0.4) is 0 Å². The van der Waals surface area contributed by atoms with E-state index in [4.69, 9.17) is 9.47 Å². The second-order valence-corrected chi connectivity index (χ2v) is 7.64. The van der Waals surface area contributed by atoms with Crippen LogP contribution in [0, 0.1) is 17.7 Å². The molecule has 0 bridgehead atoms. The third-order valence-corrected chi connectivity index (χ3v) is 5.04. The largest absolute Gasteiger partial charge is 0.494 e. The van der Waals surface area contributed by atoms with E-state index in [0.29, 0.717) is 24.1 Å². The Morgan fingerprint density at radius 1 is 1.11 bits per heavy atom. The Hall–Kier alpha value is -2.23. The van der Waals surface area contributed by atoms with E-state index in [-0.39, 0.29) is 11.9 Å². The third kappa shape index (κ3) is 5.15. The van der Waals surface area contributed by atoms with Gasteiger partial charge < -0.3 is 14.4 Å². The van der Waals surface area contributed by atoms with Crippen molar-refractivity contribution in [1.82, 2.24) is 0 Å². The molecule has 146 valence electrons. The van der Waals surface area contributed by atoms with Crippen molar-refractivity contribution in [3.63, 3.8) is 0 Å². The number of benzene rings is 2. The molecule has 1 aliphatic heterocycles. The van der Waals surface area contributed by atoms with E-state index < -0.39 is 0 Å². The molecule has 3 nitrogen and oxygen atoms in total. The van der Waals surface area contributed by atoms with E-state index >= 15 is 0 Å². The first-order valence-corrected chi connectivity index (χ1v) is 9.95. The molecule has 0 N–H and O–H groups in total. The summed E-state index contributed by atoms with van der Waals surface area (Å²) in [5, 5.41) is 0. The lowest BCUT2D eigenvalue weighted by atomic mass is 9.86. The van der Waals surface area contributed by atoms with Crippen LogP contribution in [-0.4, -0.2) is 25.8 Å². The van der Waals surface area contributed by atoms with Crippen LogP contribution in [-0.2, 0) is 0 Å². The molecule has 2 aromatic rings. The fraction of sp³-hybridized carbons (Fsp3) is 0.478. The number of halogens is 1. The molecule has 2 aromatic carbocycles.